The summed E-state index contributed by atoms with van der Waals surface area (Å²) in [5.74, 6) is -0.407. The number of hydrogen-bond donors (Lipinski definition) is 3. The molecule has 0 aliphatic rings. The molecule has 1 aromatic rings. The molecule has 6 nitrogen and oxygen atoms in total. The smallest absolute Gasteiger partial charge is 0.241 e. The highest BCUT2D eigenvalue weighted by atomic mass is 32.2. The van der Waals surface area contributed by atoms with Crippen molar-refractivity contribution in [2.24, 2.45) is 5.73 Å². The molecule has 0 saturated carbocycles. The quantitative estimate of drug-likeness (QED) is 0.611. The van der Waals surface area contributed by atoms with Crippen molar-refractivity contribution < 1.29 is 13.2 Å². The zero-order chi connectivity index (χ0) is 12.7. The van der Waals surface area contributed by atoms with Gasteiger partial charge >= 0.3 is 0 Å². The summed E-state index contributed by atoms with van der Waals surface area (Å²) < 4.78 is 25.6. The molecular weight excluding hydrogens is 242 g/mol. The predicted molar refractivity (Wildman–Crippen MR) is 63.7 cm³/mol. The summed E-state index contributed by atoms with van der Waals surface area (Å²) in [6, 6.07) is 7.86. The molecule has 0 aliphatic carbocycles. The molecular formula is C10H15N3O3S. The molecule has 0 atom stereocenters. The number of nitrogens with one attached hydrogen (secondary N) is 2. The lowest BCUT2D eigenvalue weighted by Gasteiger charge is -2.06. The number of nitrogens with two attached hydrogens (primary N) is 1. The highest BCUT2D eigenvalue weighted by Crippen LogP contribution is 2.06. The van der Waals surface area contributed by atoms with E-state index in [0.29, 0.717) is 13.1 Å². The van der Waals surface area contributed by atoms with Crippen molar-refractivity contribution in [2.45, 2.75) is 4.90 Å². The molecule has 0 aromatic heterocycles. The number of carbonyl (C=O) groups is 1. The lowest BCUT2D eigenvalue weighted by Crippen LogP contribution is -2.38. The number of hydrogen-bond acceptors (Lipinski definition) is 4. The van der Waals surface area contributed by atoms with Crippen LogP contribution in [-0.4, -0.2) is 34.0 Å². The maximum Gasteiger partial charge on any atom is 0.241 e. The molecule has 1 rings (SSSR count). The Morgan fingerprint density at radius 2 is 1.88 bits per heavy atom. The Morgan fingerprint density at radius 3 is 2.47 bits per heavy atom. The maximum atomic E-state index is 11.7. The second kappa shape index (κ2) is 6.33. The molecule has 0 fully saturated rings. The molecule has 4 N–H and O–H groups in total. The van der Waals surface area contributed by atoms with Crippen LogP contribution in [0.1, 0.15) is 0 Å². The van der Waals surface area contributed by atoms with E-state index in [1.165, 1.54) is 12.1 Å². The normalized spacial score (nSPS) is 11.1. The Labute approximate surface area is 100 Å². The van der Waals surface area contributed by atoms with Crippen molar-refractivity contribution >= 4 is 15.9 Å². The van der Waals surface area contributed by atoms with Gasteiger partial charge in [0.05, 0.1) is 11.4 Å². The first-order chi connectivity index (χ1) is 8.06. The lowest BCUT2D eigenvalue weighted by atomic mass is 10.4. The third-order valence-electron chi connectivity index (χ3n) is 1.94. The van der Waals surface area contributed by atoms with E-state index in [1.807, 2.05) is 0 Å². The van der Waals surface area contributed by atoms with Crippen LogP contribution >= 0.6 is 0 Å². The minimum absolute atomic E-state index is 0.131. The average molecular weight is 257 g/mol. The van der Waals surface area contributed by atoms with Crippen LogP contribution in [0.15, 0.2) is 35.2 Å². The number of sulfonamides is 1. The van der Waals surface area contributed by atoms with E-state index in [1.54, 1.807) is 18.2 Å². The van der Waals surface area contributed by atoms with Crippen molar-refractivity contribution in [3.05, 3.63) is 30.3 Å². The van der Waals surface area contributed by atoms with Gasteiger partial charge in [-0.2, -0.15) is 0 Å². The fourth-order valence-corrected chi connectivity index (χ4v) is 2.12. The molecule has 0 bridgehead atoms. The fourth-order valence-electron chi connectivity index (χ4n) is 1.12. The Kier molecular flexibility index (Phi) is 5.08. The van der Waals surface area contributed by atoms with Gasteiger partial charge in [-0.05, 0) is 12.1 Å². The molecule has 7 heteroatoms. The molecule has 17 heavy (non-hydrogen) atoms. The lowest BCUT2D eigenvalue weighted by molar-refractivity contribution is -0.119. The van der Waals surface area contributed by atoms with Crippen LogP contribution in [0.4, 0.5) is 0 Å². The second-order valence-corrected chi connectivity index (χ2v) is 5.04. The first-order valence-electron chi connectivity index (χ1n) is 5.08. The van der Waals surface area contributed by atoms with E-state index in [9.17, 15) is 13.2 Å². The summed E-state index contributed by atoms with van der Waals surface area (Å²) in [6.07, 6.45) is 0. The molecule has 1 amide bonds. The largest absolute Gasteiger partial charge is 0.354 e. The monoisotopic (exact) mass is 257 g/mol. The van der Waals surface area contributed by atoms with Gasteiger partial charge in [-0.1, -0.05) is 18.2 Å². The fraction of sp³-hybridized carbons (Fsp3) is 0.300. The Balaban J connectivity index is 2.54. The van der Waals surface area contributed by atoms with Crippen LogP contribution < -0.4 is 15.8 Å². The maximum absolute atomic E-state index is 11.7. The number of amides is 1. The van der Waals surface area contributed by atoms with Crippen molar-refractivity contribution in [1.82, 2.24) is 10.0 Å². The Bertz CT molecular complexity index is 459. The van der Waals surface area contributed by atoms with Crippen LogP contribution in [0.2, 0.25) is 0 Å². The van der Waals surface area contributed by atoms with Gasteiger partial charge in [0.25, 0.3) is 0 Å². The zero-order valence-corrected chi connectivity index (χ0v) is 10.0. The molecule has 0 radical (unpaired) electrons. The first-order valence-corrected chi connectivity index (χ1v) is 6.56. The van der Waals surface area contributed by atoms with Gasteiger partial charge < -0.3 is 11.1 Å². The standard InChI is InChI=1S/C10H15N3O3S/c11-6-7-12-10(14)8-13-17(15,16)9-4-2-1-3-5-9/h1-5,13H,6-8,11H2,(H,12,14). The van der Waals surface area contributed by atoms with Gasteiger partial charge in [-0.25, -0.2) is 13.1 Å². The van der Waals surface area contributed by atoms with Crippen molar-refractivity contribution in [1.29, 1.82) is 0 Å². The summed E-state index contributed by atoms with van der Waals surface area (Å²) in [6.45, 7) is 0.348. The highest BCUT2D eigenvalue weighted by Gasteiger charge is 2.14. The first kappa shape index (κ1) is 13.6. The predicted octanol–water partition coefficient (Wildman–Crippen LogP) is -0.960. The molecule has 0 heterocycles. The second-order valence-electron chi connectivity index (χ2n) is 3.28. The highest BCUT2D eigenvalue weighted by molar-refractivity contribution is 7.89. The summed E-state index contributed by atoms with van der Waals surface area (Å²) in [7, 11) is -3.62. The molecule has 1 aromatic carbocycles. The van der Waals surface area contributed by atoms with E-state index < -0.39 is 15.9 Å². The minimum Gasteiger partial charge on any atom is -0.354 e. The van der Waals surface area contributed by atoms with Gasteiger partial charge in [0.1, 0.15) is 0 Å². The Hall–Kier alpha value is -1.44. The van der Waals surface area contributed by atoms with Gasteiger partial charge in [0.15, 0.2) is 0 Å². The van der Waals surface area contributed by atoms with E-state index in [-0.39, 0.29) is 11.4 Å². The topological polar surface area (TPSA) is 101 Å². The molecule has 94 valence electrons. The summed E-state index contributed by atoms with van der Waals surface area (Å²) in [5, 5.41) is 2.47. The van der Waals surface area contributed by atoms with Gasteiger partial charge in [-0.15, -0.1) is 0 Å². The molecule has 0 saturated heterocycles. The van der Waals surface area contributed by atoms with Gasteiger partial charge in [-0.3, -0.25) is 4.79 Å². The number of rotatable bonds is 6. The van der Waals surface area contributed by atoms with Gasteiger partial charge in [0.2, 0.25) is 15.9 Å². The summed E-state index contributed by atoms with van der Waals surface area (Å²) in [4.78, 5) is 11.3. The van der Waals surface area contributed by atoms with Crippen LogP contribution in [-0.2, 0) is 14.8 Å². The van der Waals surface area contributed by atoms with Crippen LogP contribution in [0.3, 0.4) is 0 Å². The van der Waals surface area contributed by atoms with Crippen LogP contribution in [0.25, 0.3) is 0 Å². The third kappa shape index (κ3) is 4.51. The number of benzene rings is 1. The van der Waals surface area contributed by atoms with Crippen molar-refractivity contribution in [3.8, 4) is 0 Å². The Morgan fingerprint density at radius 1 is 1.24 bits per heavy atom. The van der Waals surface area contributed by atoms with E-state index in [4.69, 9.17) is 5.73 Å². The summed E-state index contributed by atoms with van der Waals surface area (Å²) >= 11 is 0. The third-order valence-corrected chi connectivity index (χ3v) is 3.36. The van der Waals surface area contributed by atoms with Crippen LogP contribution in [0.5, 0.6) is 0 Å². The number of carbonyl (C=O) groups excluding carboxylic acids is 1. The van der Waals surface area contributed by atoms with Crippen LogP contribution in [0, 0.1) is 0 Å². The molecule has 0 aliphatic heterocycles. The molecule has 0 spiro atoms. The average Bonchev–Trinajstić information content (AvgIpc) is 2.35. The van der Waals surface area contributed by atoms with E-state index >= 15 is 0 Å². The van der Waals surface area contributed by atoms with Gasteiger partial charge in [0, 0.05) is 13.1 Å². The van der Waals surface area contributed by atoms with E-state index in [0.717, 1.165) is 0 Å². The minimum atomic E-state index is -3.62. The zero-order valence-electron chi connectivity index (χ0n) is 9.22. The SMILES string of the molecule is NCCNC(=O)CNS(=O)(=O)c1ccccc1. The van der Waals surface area contributed by atoms with E-state index in [2.05, 4.69) is 10.0 Å². The van der Waals surface area contributed by atoms with Crippen molar-refractivity contribution in [2.75, 3.05) is 19.6 Å². The van der Waals surface area contributed by atoms with Crippen molar-refractivity contribution in [3.63, 3.8) is 0 Å². The molecule has 0 unspecified atom stereocenters. The summed E-state index contributed by atoms with van der Waals surface area (Å²) in [5.41, 5.74) is 5.20.